The molecule has 1 unspecified atom stereocenters. The summed E-state index contributed by atoms with van der Waals surface area (Å²) in [4.78, 5) is 51.6. The lowest BCUT2D eigenvalue weighted by Gasteiger charge is -2.38. The first kappa shape index (κ1) is 21.9. The molecule has 168 valence electrons. The first-order valence-corrected chi connectivity index (χ1v) is 10.7. The van der Waals surface area contributed by atoms with Crippen LogP contribution in [-0.2, 0) is 11.3 Å². The number of carboxylic acids is 1. The summed E-state index contributed by atoms with van der Waals surface area (Å²) in [6.07, 6.45) is 5.83. The van der Waals surface area contributed by atoms with E-state index in [0.29, 0.717) is 10.7 Å². The van der Waals surface area contributed by atoms with Crippen molar-refractivity contribution in [2.24, 2.45) is 0 Å². The van der Waals surface area contributed by atoms with Gasteiger partial charge in [0.15, 0.2) is 11.4 Å². The van der Waals surface area contributed by atoms with Crippen LogP contribution in [0.1, 0.15) is 53.0 Å². The highest BCUT2D eigenvalue weighted by molar-refractivity contribution is 6.30. The summed E-state index contributed by atoms with van der Waals surface area (Å²) in [6, 6.07) is 5.25. The summed E-state index contributed by atoms with van der Waals surface area (Å²) in [7, 11) is 0. The van der Waals surface area contributed by atoms with Crippen molar-refractivity contribution in [2.45, 2.75) is 50.7 Å². The highest BCUT2D eigenvalue weighted by Crippen LogP contribution is 2.30. The van der Waals surface area contributed by atoms with E-state index in [-0.39, 0.29) is 24.2 Å². The molecule has 1 saturated carbocycles. The van der Waals surface area contributed by atoms with Crippen LogP contribution in [0.25, 0.3) is 0 Å². The monoisotopic (exact) mass is 459 g/mol. The molecule has 2 aromatic rings. The minimum absolute atomic E-state index is 0.00295. The van der Waals surface area contributed by atoms with Crippen molar-refractivity contribution < 1.29 is 24.6 Å². The third-order valence-corrected chi connectivity index (χ3v) is 6.20. The fourth-order valence-corrected chi connectivity index (χ4v) is 4.46. The molecule has 1 aliphatic heterocycles. The quantitative estimate of drug-likeness (QED) is 0.643. The number of carboxylic acid groups (broad SMARTS) is 1. The van der Waals surface area contributed by atoms with E-state index >= 15 is 0 Å². The van der Waals surface area contributed by atoms with Gasteiger partial charge >= 0.3 is 5.97 Å². The summed E-state index contributed by atoms with van der Waals surface area (Å²) in [5, 5.41) is 23.1. The van der Waals surface area contributed by atoms with Crippen LogP contribution >= 0.6 is 11.6 Å². The van der Waals surface area contributed by atoms with Crippen LogP contribution in [0, 0.1) is 0 Å². The van der Waals surface area contributed by atoms with E-state index in [2.05, 4.69) is 5.32 Å². The molecule has 2 amide bonds. The number of aromatic hydroxyl groups is 1. The van der Waals surface area contributed by atoms with Crippen LogP contribution in [0.3, 0.4) is 0 Å². The first-order valence-electron chi connectivity index (χ1n) is 10.4. The maximum atomic E-state index is 13.4. The van der Waals surface area contributed by atoms with Crippen molar-refractivity contribution in [3.05, 3.63) is 57.0 Å². The van der Waals surface area contributed by atoms with Gasteiger partial charge in [-0.3, -0.25) is 19.3 Å². The fraction of sp³-hybridized carbons (Fsp3) is 0.364. The standard InChI is InChI=1S/C22H22ClN3O6/c23-12-6-8-14(9-7-12)26-16(20(29)24-13-4-2-1-3-5-13)11-25-10-15(22(31)32)18(27)19(28)17(25)21(26)30/h6-10,13,16,28H,1-5,11H2,(H,24,29)(H,31,32). The number of fused-ring (bicyclic) bond motifs is 1. The van der Waals surface area contributed by atoms with Gasteiger partial charge in [-0.25, -0.2) is 4.79 Å². The van der Waals surface area contributed by atoms with Gasteiger partial charge in [0.2, 0.25) is 11.3 Å². The van der Waals surface area contributed by atoms with E-state index in [4.69, 9.17) is 11.6 Å². The minimum atomic E-state index is -1.53. The summed E-state index contributed by atoms with van der Waals surface area (Å²) >= 11 is 5.97. The third kappa shape index (κ3) is 3.95. The molecule has 4 rings (SSSR count). The largest absolute Gasteiger partial charge is 0.503 e. The number of anilines is 1. The summed E-state index contributed by atoms with van der Waals surface area (Å²) < 4.78 is 1.17. The van der Waals surface area contributed by atoms with E-state index < -0.39 is 34.7 Å². The average Bonchev–Trinajstić information content (AvgIpc) is 2.77. The zero-order valence-electron chi connectivity index (χ0n) is 17.1. The molecule has 10 heteroatoms. The normalized spacial score (nSPS) is 18.8. The average molecular weight is 460 g/mol. The molecule has 0 radical (unpaired) electrons. The molecule has 2 aliphatic rings. The van der Waals surface area contributed by atoms with Gasteiger partial charge in [-0.05, 0) is 37.1 Å². The SMILES string of the molecule is O=C(O)c1cn2c(c(O)c1=O)C(=O)N(c1ccc(Cl)cc1)C(C(=O)NC1CCCCC1)C2. The Kier molecular flexibility index (Phi) is 5.92. The number of benzene rings is 1. The van der Waals surface area contributed by atoms with Gasteiger partial charge in [0, 0.05) is 22.9 Å². The van der Waals surface area contributed by atoms with Gasteiger partial charge in [0.25, 0.3) is 5.91 Å². The van der Waals surface area contributed by atoms with E-state index in [1.165, 1.54) is 9.47 Å². The third-order valence-electron chi connectivity index (χ3n) is 5.95. The number of halogens is 1. The van der Waals surface area contributed by atoms with E-state index in [1.54, 1.807) is 24.3 Å². The zero-order valence-corrected chi connectivity index (χ0v) is 17.8. The number of hydrogen-bond acceptors (Lipinski definition) is 5. The molecule has 0 spiro atoms. The van der Waals surface area contributed by atoms with Crippen LogP contribution in [0.5, 0.6) is 5.75 Å². The lowest BCUT2D eigenvalue weighted by Crippen LogP contribution is -2.57. The zero-order chi connectivity index (χ0) is 23.0. The van der Waals surface area contributed by atoms with Crippen LogP contribution in [0.4, 0.5) is 5.69 Å². The number of carbonyl (C=O) groups is 3. The number of aromatic carboxylic acids is 1. The smallest absolute Gasteiger partial charge is 0.341 e. The Balaban J connectivity index is 1.79. The molecule has 1 fully saturated rings. The fourth-order valence-electron chi connectivity index (χ4n) is 4.34. The Morgan fingerprint density at radius 2 is 1.72 bits per heavy atom. The van der Waals surface area contributed by atoms with Crippen LogP contribution in [-0.4, -0.2) is 44.6 Å². The molecule has 1 atom stereocenters. The molecule has 1 aliphatic carbocycles. The van der Waals surface area contributed by atoms with Crippen molar-refractivity contribution in [3.63, 3.8) is 0 Å². The highest BCUT2D eigenvalue weighted by atomic mass is 35.5. The maximum absolute atomic E-state index is 13.4. The second kappa shape index (κ2) is 8.66. The number of amides is 2. The Morgan fingerprint density at radius 1 is 1.06 bits per heavy atom. The number of rotatable bonds is 4. The number of pyridine rings is 1. The molecule has 0 saturated heterocycles. The van der Waals surface area contributed by atoms with Crippen molar-refractivity contribution in [1.29, 1.82) is 0 Å². The lowest BCUT2D eigenvalue weighted by atomic mass is 9.95. The number of nitrogens with zero attached hydrogens (tertiary/aromatic N) is 2. The van der Waals surface area contributed by atoms with E-state index in [1.807, 2.05) is 0 Å². The molecule has 0 bridgehead atoms. The van der Waals surface area contributed by atoms with Gasteiger partial charge in [0.05, 0.1) is 6.54 Å². The second-order valence-corrected chi connectivity index (χ2v) is 8.47. The summed E-state index contributed by atoms with van der Waals surface area (Å²) in [5.41, 5.74) is -1.83. The van der Waals surface area contributed by atoms with Crippen LogP contribution in [0.2, 0.25) is 5.02 Å². The van der Waals surface area contributed by atoms with Crippen molar-refractivity contribution in [1.82, 2.24) is 9.88 Å². The molecule has 2 heterocycles. The molecular weight excluding hydrogens is 438 g/mol. The van der Waals surface area contributed by atoms with E-state index in [9.17, 15) is 29.4 Å². The first-order chi connectivity index (χ1) is 15.3. The Morgan fingerprint density at radius 3 is 2.34 bits per heavy atom. The van der Waals surface area contributed by atoms with Crippen molar-refractivity contribution in [2.75, 3.05) is 4.90 Å². The molecule has 1 aromatic heterocycles. The Bertz CT molecular complexity index is 1140. The van der Waals surface area contributed by atoms with Crippen molar-refractivity contribution >= 4 is 35.1 Å². The molecule has 3 N–H and O–H groups in total. The van der Waals surface area contributed by atoms with Gasteiger partial charge in [-0.2, -0.15) is 0 Å². The van der Waals surface area contributed by atoms with Crippen LogP contribution in [0.15, 0.2) is 35.3 Å². The summed E-state index contributed by atoms with van der Waals surface area (Å²) in [6.45, 7) is -0.129. The van der Waals surface area contributed by atoms with E-state index in [0.717, 1.165) is 38.3 Å². The lowest BCUT2D eigenvalue weighted by molar-refractivity contribution is -0.123. The molecule has 9 nitrogen and oxygen atoms in total. The number of nitrogens with one attached hydrogen (secondary N) is 1. The second-order valence-electron chi connectivity index (χ2n) is 8.04. The predicted octanol–water partition coefficient (Wildman–Crippen LogP) is 2.38. The minimum Gasteiger partial charge on any atom is -0.503 e. The number of aromatic nitrogens is 1. The van der Waals surface area contributed by atoms with Gasteiger partial charge in [-0.15, -0.1) is 0 Å². The topological polar surface area (TPSA) is 129 Å². The number of carbonyl (C=O) groups excluding carboxylic acids is 2. The summed E-state index contributed by atoms with van der Waals surface area (Å²) in [5.74, 6) is -3.66. The van der Waals surface area contributed by atoms with Gasteiger partial charge in [0.1, 0.15) is 11.6 Å². The molecule has 32 heavy (non-hydrogen) atoms. The predicted molar refractivity (Wildman–Crippen MR) is 116 cm³/mol. The number of hydrogen-bond donors (Lipinski definition) is 3. The Hall–Kier alpha value is -3.33. The molecule has 1 aromatic carbocycles. The van der Waals surface area contributed by atoms with Crippen molar-refractivity contribution in [3.8, 4) is 5.75 Å². The maximum Gasteiger partial charge on any atom is 0.341 e. The molecular formula is C22H22ClN3O6. The van der Waals surface area contributed by atoms with Gasteiger partial charge < -0.3 is 20.1 Å². The Labute approximate surface area is 188 Å². The van der Waals surface area contributed by atoms with Gasteiger partial charge in [-0.1, -0.05) is 30.9 Å². The highest BCUT2D eigenvalue weighted by Gasteiger charge is 2.41. The van der Waals surface area contributed by atoms with Crippen LogP contribution < -0.4 is 15.6 Å².